The molecular formula is C16H22N2O3. The second kappa shape index (κ2) is 7.11. The molecule has 114 valence electrons. The topological polar surface area (TPSA) is 69.6 Å². The lowest BCUT2D eigenvalue weighted by molar-refractivity contribution is -0.137. The van der Waals surface area contributed by atoms with E-state index in [0.29, 0.717) is 6.54 Å². The summed E-state index contributed by atoms with van der Waals surface area (Å²) < 4.78 is 0. The van der Waals surface area contributed by atoms with Crippen LogP contribution < -0.4 is 5.32 Å². The summed E-state index contributed by atoms with van der Waals surface area (Å²) in [7, 11) is 0. The van der Waals surface area contributed by atoms with Crippen LogP contribution in [0.1, 0.15) is 43.4 Å². The van der Waals surface area contributed by atoms with Crippen LogP contribution in [-0.2, 0) is 11.2 Å². The minimum Gasteiger partial charge on any atom is -0.480 e. The Balaban J connectivity index is 2.06. The minimum absolute atomic E-state index is 0.0180. The second-order valence-corrected chi connectivity index (χ2v) is 5.41. The van der Waals surface area contributed by atoms with Crippen LogP contribution in [0.25, 0.3) is 0 Å². The summed E-state index contributed by atoms with van der Waals surface area (Å²) in [6, 6.07) is 7.81. The van der Waals surface area contributed by atoms with Gasteiger partial charge in [-0.2, -0.15) is 0 Å². The zero-order chi connectivity index (χ0) is 15.2. The lowest BCUT2D eigenvalue weighted by Crippen LogP contribution is -2.45. The first-order valence-corrected chi connectivity index (χ1v) is 7.47. The Labute approximate surface area is 125 Å². The lowest BCUT2D eigenvalue weighted by atomic mass is 9.88. The number of rotatable bonds is 5. The first-order valence-electron chi connectivity index (χ1n) is 7.47. The number of aliphatic carboxylic acids is 1. The standard InChI is InChI=1S/C16H22N2O3/c1-2-10-18(11-15(19)20)16(21)17-14-9-5-7-12-6-3-4-8-13(12)14/h3-4,6,8,14H,2,5,7,9-11H2,1H3,(H,17,21)(H,19,20). The number of carboxylic acid groups (broad SMARTS) is 1. The van der Waals surface area contributed by atoms with Gasteiger partial charge >= 0.3 is 12.0 Å². The minimum atomic E-state index is -0.984. The van der Waals surface area contributed by atoms with Crippen molar-refractivity contribution < 1.29 is 14.7 Å². The third-order valence-corrected chi connectivity index (χ3v) is 3.77. The molecule has 1 unspecified atom stereocenters. The fraction of sp³-hybridized carbons (Fsp3) is 0.500. The van der Waals surface area contributed by atoms with Crippen LogP contribution in [0.4, 0.5) is 4.79 Å². The zero-order valence-corrected chi connectivity index (χ0v) is 12.3. The maximum Gasteiger partial charge on any atom is 0.323 e. The number of hydrogen-bond donors (Lipinski definition) is 2. The first-order chi connectivity index (χ1) is 10.1. The van der Waals surface area contributed by atoms with Crippen molar-refractivity contribution in [2.45, 2.75) is 38.6 Å². The van der Waals surface area contributed by atoms with Gasteiger partial charge in [0.2, 0.25) is 0 Å². The van der Waals surface area contributed by atoms with Crippen molar-refractivity contribution in [3.63, 3.8) is 0 Å². The molecule has 1 atom stereocenters. The molecule has 0 heterocycles. The highest BCUT2D eigenvalue weighted by molar-refractivity contribution is 5.80. The second-order valence-electron chi connectivity index (χ2n) is 5.41. The van der Waals surface area contributed by atoms with Gasteiger partial charge in [0.25, 0.3) is 0 Å². The third-order valence-electron chi connectivity index (χ3n) is 3.77. The van der Waals surface area contributed by atoms with E-state index in [0.717, 1.165) is 31.2 Å². The summed E-state index contributed by atoms with van der Waals surface area (Å²) in [5.74, 6) is -0.984. The number of urea groups is 1. The SMILES string of the molecule is CCCN(CC(=O)O)C(=O)NC1CCCc2ccccc21. The Bertz CT molecular complexity index is 516. The molecule has 2 N–H and O–H groups in total. The van der Waals surface area contributed by atoms with Crippen LogP contribution in [0.15, 0.2) is 24.3 Å². The predicted octanol–water partition coefficient (Wildman–Crippen LogP) is 2.57. The molecule has 0 radical (unpaired) electrons. The van der Waals surface area contributed by atoms with E-state index >= 15 is 0 Å². The van der Waals surface area contributed by atoms with E-state index in [2.05, 4.69) is 11.4 Å². The van der Waals surface area contributed by atoms with E-state index < -0.39 is 5.97 Å². The average molecular weight is 290 g/mol. The van der Waals surface area contributed by atoms with Crippen molar-refractivity contribution in [1.82, 2.24) is 10.2 Å². The van der Waals surface area contributed by atoms with Crippen LogP contribution >= 0.6 is 0 Å². The molecule has 1 aliphatic carbocycles. The van der Waals surface area contributed by atoms with E-state index in [9.17, 15) is 9.59 Å². The molecule has 0 saturated carbocycles. The number of carbonyl (C=O) groups is 2. The van der Waals surface area contributed by atoms with Gasteiger partial charge in [0.05, 0.1) is 6.04 Å². The van der Waals surface area contributed by atoms with Crippen molar-refractivity contribution >= 4 is 12.0 Å². The van der Waals surface area contributed by atoms with Crippen molar-refractivity contribution in [3.05, 3.63) is 35.4 Å². The van der Waals surface area contributed by atoms with Gasteiger partial charge in [-0.15, -0.1) is 0 Å². The quantitative estimate of drug-likeness (QED) is 0.875. The van der Waals surface area contributed by atoms with Crippen LogP contribution in [0, 0.1) is 0 Å². The van der Waals surface area contributed by atoms with Crippen molar-refractivity contribution in [3.8, 4) is 0 Å². The molecular weight excluding hydrogens is 268 g/mol. The molecule has 0 spiro atoms. The van der Waals surface area contributed by atoms with Gasteiger partial charge in [-0.3, -0.25) is 4.79 Å². The number of hydrogen-bond acceptors (Lipinski definition) is 2. The number of amides is 2. The number of fused-ring (bicyclic) bond motifs is 1. The Morgan fingerprint density at radius 1 is 1.38 bits per heavy atom. The maximum absolute atomic E-state index is 12.3. The smallest absolute Gasteiger partial charge is 0.323 e. The van der Waals surface area contributed by atoms with E-state index in [1.165, 1.54) is 10.5 Å². The predicted molar refractivity (Wildman–Crippen MR) is 80.2 cm³/mol. The highest BCUT2D eigenvalue weighted by Gasteiger charge is 2.24. The molecule has 21 heavy (non-hydrogen) atoms. The van der Waals surface area contributed by atoms with Gasteiger partial charge in [0.15, 0.2) is 0 Å². The maximum atomic E-state index is 12.3. The number of carbonyl (C=O) groups excluding carboxylic acids is 1. The van der Waals surface area contributed by atoms with Gasteiger partial charge < -0.3 is 15.3 Å². The summed E-state index contributed by atoms with van der Waals surface area (Å²) in [5, 5.41) is 11.9. The molecule has 0 saturated heterocycles. The molecule has 0 bridgehead atoms. The Hall–Kier alpha value is -2.04. The number of aryl methyl sites for hydroxylation is 1. The summed E-state index contributed by atoms with van der Waals surface area (Å²) in [5.41, 5.74) is 2.43. The fourth-order valence-corrected chi connectivity index (χ4v) is 2.83. The highest BCUT2D eigenvalue weighted by atomic mass is 16.4. The monoisotopic (exact) mass is 290 g/mol. The van der Waals surface area contributed by atoms with E-state index in [4.69, 9.17) is 5.11 Å². The molecule has 5 heteroatoms. The highest BCUT2D eigenvalue weighted by Crippen LogP contribution is 2.29. The van der Waals surface area contributed by atoms with E-state index in [-0.39, 0.29) is 18.6 Å². The summed E-state index contributed by atoms with van der Waals surface area (Å²) in [6.07, 6.45) is 3.71. The van der Waals surface area contributed by atoms with Gasteiger partial charge in [-0.1, -0.05) is 31.2 Å². The Morgan fingerprint density at radius 2 is 2.14 bits per heavy atom. The molecule has 0 fully saturated rings. The number of nitrogens with zero attached hydrogens (tertiary/aromatic N) is 1. The molecule has 1 aromatic carbocycles. The largest absolute Gasteiger partial charge is 0.480 e. The van der Waals surface area contributed by atoms with Gasteiger partial charge in [0, 0.05) is 6.54 Å². The normalized spacial score (nSPS) is 16.9. The molecule has 0 aromatic heterocycles. The summed E-state index contributed by atoms with van der Waals surface area (Å²) in [6.45, 7) is 2.12. The van der Waals surface area contributed by atoms with Crippen molar-refractivity contribution in [2.75, 3.05) is 13.1 Å². The Morgan fingerprint density at radius 3 is 2.86 bits per heavy atom. The van der Waals surface area contributed by atoms with Crippen LogP contribution in [0.5, 0.6) is 0 Å². The first kappa shape index (κ1) is 15.4. The molecule has 5 nitrogen and oxygen atoms in total. The van der Waals surface area contributed by atoms with Crippen molar-refractivity contribution in [2.24, 2.45) is 0 Å². The molecule has 2 amide bonds. The van der Waals surface area contributed by atoms with Crippen LogP contribution in [-0.4, -0.2) is 35.1 Å². The third kappa shape index (κ3) is 3.97. The zero-order valence-electron chi connectivity index (χ0n) is 12.3. The van der Waals surface area contributed by atoms with E-state index in [1.807, 2.05) is 25.1 Å². The number of benzene rings is 1. The number of nitrogens with one attached hydrogen (secondary N) is 1. The molecule has 1 aliphatic rings. The van der Waals surface area contributed by atoms with Crippen LogP contribution in [0.2, 0.25) is 0 Å². The molecule has 2 rings (SSSR count). The van der Waals surface area contributed by atoms with E-state index in [1.54, 1.807) is 0 Å². The molecule has 0 aliphatic heterocycles. The number of carboxylic acids is 1. The lowest BCUT2D eigenvalue weighted by Gasteiger charge is -2.29. The van der Waals surface area contributed by atoms with Crippen molar-refractivity contribution in [1.29, 1.82) is 0 Å². The van der Waals surface area contributed by atoms with Gasteiger partial charge in [-0.25, -0.2) is 4.79 Å². The average Bonchev–Trinajstić information content (AvgIpc) is 2.47. The summed E-state index contributed by atoms with van der Waals surface area (Å²) in [4.78, 5) is 24.5. The summed E-state index contributed by atoms with van der Waals surface area (Å²) >= 11 is 0. The van der Waals surface area contributed by atoms with Gasteiger partial charge in [-0.05, 0) is 36.8 Å². The van der Waals surface area contributed by atoms with Crippen LogP contribution in [0.3, 0.4) is 0 Å². The van der Waals surface area contributed by atoms with Gasteiger partial charge in [0.1, 0.15) is 6.54 Å². The fourth-order valence-electron chi connectivity index (χ4n) is 2.83. The Kier molecular flexibility index (Phi) is 5.20. The molecule has 1 aromatic rings.